The first-order chi connectivity index (χ1) is 27.0. The van der Waals surface area contributed by atoms with Gasteiger partial charge in [0.15, 0.2) is 0 Å². The van der Waals surface area contributed by atoms with Crippen molar-refractivity contribution in [2.45, 2.75) is 57.8 Å². The summed E-state index contributed by atoms with van der Waals surface area (Å²) in [6, 6.07) is 55.7. The zero-order valence-corrected chi connectivity index (χ0v) is 32.6. The van der Waals surface area contributed by atoms with Gasteiger partial charge < -0.3 is 4.90 Å². The van der Waals surface area contributed by atoms with Gasteiger partial charge in [-0.1, -0.05) is 157 Å². The van der Waals surface area contributed by atoms with Gasteiger partial charge in [0, 0.05) is 38.6 Å². The lowest BCUT2D eigenvalue weighted by Gasteiger charge is -2.46. The van der Waals surface area contributed by atoms with Crippen molar-refractivity contribution in [3.05, 3.63) is 190 Å². The summed E-state index contributed by atoms with van der Waals surface area (Å²) in [5.41, 5.74) is 15.3. The van der Waals surface area contributed by atoms with Crippen LogP contribution in [0.1, 0.15) is 86.1 Å². The number of rotatable bonds is 4. The van der Waals surface area contributed by atoms with Gasteiger partial charge in [0.1, 0.15) is 12.1 Å². The van der Waals surface area contributed by atoms with Crippen LogP contribution in [-0.2, 0) is 16.2 Å². The van der Waals surface area contributed by atoms with Crippen LogP contribution < -0.4 is 4.90 Å². The van der Waals surface area contributed by atoms with E-state index in [1.165, 1.54) is 44.8 Å². The number of fused-ring (bicyclic) bond motifs is 4. The smallest absolute Gasteiger partial charge is 0.102 e. The highest BCUT2D eigenvalue weighted by Crippen LogP contribution is 2.55. The summed E-state index contributed by atoms with van der Waals surface area (Å²) in [6.07, 6.45) is 0. The maximum atomic E-state index is 10.8. The molecule has 1 aliphatic heterocycles. The van der Waals surface area contributed by atoms with Crippen molar-refractivity contribution >= 4 is 17.1 Å². The highest BCUT2D eigenvalue weighted by Gasteiger charge is 2.43. The Kier molecular flexibility index (Phi) is 7.91. The monoisotopic (exact) mass is 722 g/mol. The topological polar surface area (TPSA) is 63.7 Å². The molecule has 2 aliphatic rings. The molecule has 2 heterocycles. The number of para-hydroxylation sites is 2. The minimum Gasteiger partial charge on any atom is -0.310 e. The summed E-state index contributed by atoms with van der Waals surface area (Å²) in [4.78, 5) is 7.48. The molecule has 0 N–H and O–H groups in total. The van der Waals surface area contributed by atoms with E-state index >= 15 is 0 Å². The Balaban J connectivity index is 1.23. The van der Waals surface area contributed by atoms with Crippen LogP contribution in [0.25, 0.3) is 33.6 Å². The fraction of sp³-hybridized carbons (Fsp3) is 0.173. The number of hydrogen-bond donors (Lipinski definition) is 0. The van der Waals surface area contributed by atoms with Crippen molar-refractivity contribution in [3.63, 3.8) is 0 Å². The van der Waals surface area contributed by atoms with Crippen molar-refractivity contribution in [3.8, 4) is 45.8 Å². The summed E-state index contributed by atoms with van der Waals surface area (Å²) in [5, 5.41) is 21.7. The van der Waals surface area contributed by atoms with E-state index in [0.717, 1.165) is 22.4 Å². The van der Waals surface area contributed by atoms with E-state index in [1.54, 1.807) is 0 Å². The molecule has 0 spiro atoms. The molecule has 1 aromatic heterocycles. The maximum Gasteiger partial charge on any atom is 0.102 e. The number of pyridine rings is 1. The zero-order chi connectivity index (χ0) is 39.0. The molecule has 4 nitrogen and oxygen atoms in total. The molecule has 4 heteroatoms. The van der Waals surface area contributed by atoms with E-state index in [4.69, 9.17) is 4.98 Å². The third-order valence-electron chi connectivity index (χ3n) is 12.4. The first kappa shape index (κ1) is 35.0. The summed E-state index contributed by atoms with van der Waals surface area (Å²) in [7, 11) is 0. The average molecular weight is 723 g/mol. The van der Waals surface area contributed by atoms with Gasteiger partial charge in [-0.3, -0.25) is 0 Å². The lowest BCUT2D eigenvalue weighted by molar-refractivity contribution is 0.521. The Labute approximate surface area is 330 Å². The highest BCUT2D eigenvalue weighted by molar-refractivity contribution is 5.90. The standard InChI is InChI=1S/C52H42N4/c1-50(2)40-28-26-36(56-45-23-15-13-21-41(45)52(5,6)42-22-14-16-24-46(42)56)30-44(40)51(3,4)39-27-25-35(29-43(39)50)47-37(31-53)48(33-17-9-7-10-18-33)55-49(38(47)32-54)34-19-11-8-12-20-34/h7-30H,1-6H3. The molecule has 0 saturated heterocycles. The molecule has 0 unspecified atom stereocenters. The second kappa shape index (κ2) is 12.7. The molecular weight excluding hydrogens is 681 g/mol. The molecule has 6 aromatic carbocycles. The van der Waals surface area contributed by atoms with E-state index in [9.17, 15) is 10.5 Å². The summed E-state index contributed by atoms with van der Waals surface area (Å²) in [5.74, 6) is 0. The molecule has 0 bridgehead atoms. The minimum absolute atomic E-state index is 0.134. The van der Waals surface area contributed by atoms with Gasteiger partial charge in [0.05, 0.1) is 33.9 Å². The molecule has 270 valence electrons. The third-order valence-corrected chi connectivity index (χ3v) is 12.4. The normalized spacial score (nSPS) is 15.3. The predicted molar refractivity (Wildman–Crippen MR) is 227 cm³/mol. The van der Waals surface area contributed by atoms with Crippen LogP contribution in [0.15, 0.2) is 146 Å². The average Bonchev–Trinajstić information content (AvgIpc) is 3.23. The fourth-order valence-corrected chi connectivity index (χ4v) is 9.43. The largest absolute Gasteiger partial charge is 0.310 e. The van der Waals surface area contributed by atoms with Crippen molar-refractivity contribution < 1.29 is 0 Å². The Bertz CT molecular complexity index is 2670. The number of aromatic nitrogens is 1. The Morgan fingerprint density at radius 2 is 0.857 bits per heavy atom. The molecule has 0 amide bonds. The molecular formula is C52H42N4. The molecule has 0 atom stereocenters. The van der Waals surface area contributed by atoms with Crippen LogP contribution in [0.5, 0.6) is 0 Å². The summed E-state index contributed by atoms with van der Waals surface area (Å²) >= 11 is 0. The highest BCUT2D eigenvalue weighted by atomic mass is 15.2. The Hall–Kier alpha value is -6.75. The van der Waals surface area contributed by atoms with E-state index in [0.29, 0.717) is 28.1 Å². The number of anilines is 3. The molecule has 7 aromatic rings. The van der Waals surface area contributed by atoms with Gasteiger partial charge in [-0.2, -0.15) is 10.5 Å². The predicted octanol–water partition coefficient (Wildman–Crippen LogP) is 12.9. The van der Waals surface area contributed by atoms with Gasteiger partial charge in [-0.15, -0.1) is 0 Å². The third kappa shape index (κ3) is 5.07. The van der Waals surface area contributed by atoms with Gasteiger partial charge in [0.25, 0.3) is 0 Å². The molecule has 9 rings (SSSR count). The number of benzene rings is 6. The van der Waals surface area contributed by atoms with Gasteiger partial charge in [0.2, 0.25) is 0 Å². The van der Waals surface area contributed by atoms with Crippen LogP contribution >= 0.6 is 0 Å². The second-order valence-corrected chi connectivity index (χ2v) is 16.6. The van der Waals surface area contributed by atoms with Gasteiger partial charge in [-0.25, -0.2) is 4.98 Å². The number of nitrogens with zero attached hydrogens (tertiary/aromatic N) is 4. The molecule has 1 aliphatic carbocycles. The SMILES string of the molecule is CC1(C)c2ccccc2N(c2ccc3c(c2)C(C)(C)c2ccc(-c4c(C#N)c(-c5ccccc5)nc(-c5ccccc5)c4C#N)cc2C3(C)C)c2ccccc21. The van der Waals surface area contributed by atoms with Crippen LogP contribution in [0.2, 0.25) is 0 Å². The Morgan fingerprint density at radius 3 is 1.36 bits per heavy atom. The zero-order valence-electron chi connectivity index (χ0n) is 32.6. The van der Waals surface area contributed by atoms with Crippen LogP contribution in [0.3, 0.4) is 0 Å². The van der Waals surface area contributed by atoms with Crippen molar-refractivity contribution in [1.82, 2.24) is 4.98 Å². The molecule has 0 radical (unpaired) electrons. The number of nitriles is 2. The van der Waals surface area contributed by atoms with E-state index in [2.05, 4.69) is 144 Å². The van der Waals surface area contributed by atoms with Gasteiger partial charge in [-0.05, 0) is 69.3 Å². The van der Waals surface area contributed by atoms with E-state index in [1.807, 2.05) is 60.7 Å². The lowest BCUT2D eigenvalue weighted by Crippen LogP contribution is -2.37. The minimum atomic E-state index is -0.383. The van der Waals surface area contributed by atoms with Crippen molar-refractivity contribution in [2.24, 2.45) is 0 Å². The first-order valence-corrected chi connectivity index (χ1v) is 19.3. The molecule has 56 heavy (non-hydrogen) atoms. The lowest BCUT2D eigenvalue weighted by atomic mass is 9.59. The van der Waals surface area contributed by atoms with E-state index < -0.39 is 0 Å². The van der Waals surface area contributed by atoms with Crippen molar-refractivity contribution in [1.29, 1.82) is 10.5 Å². The molecule has 0 saturated carbocycles. The Morgan fingerprint density at radius 1 is 0.429 bits per heavy atom. The number of hydrogen-bond acceptors (Lipinski definition) is 4. The van der Waals surface area contributed by atoms with E-state index in [-0.39, 0.29) is 16.2 Å². The van der Waals surface area contributed by atoms with Crippen molar-refractivity contribution in [2.75, 3.05) is 4.90 Å². The summed E-state index contributed by atoms with van der Waals surface area (Å²) < 4.78 is 0. The van der Waals surface area contributed by atoms with Crippen LogP contribution in [-0.4, -0.2) is 4.98 Å². The fourth-order valence-electron chi connectivity index (χ4n) is 9.43. The second-order valence-electron chi connectivity index (χ2n) is 16.6. The quantitative estimate of drug-likeness (QED) is 0.181. The molecule has 0 fully saturated rings. The maximum absolute atomic E-state index is 10.8. The summed E-state index contributed by atoms with van der Waals surface area (Å²) in [6.45, 7) is 13.9. The van der Waals surface area contributed by atoms with Gasteiger partial charge >= 0.3 is 0 Å². The van der Waals surface area contributed by atoms with Crippen LogP contribution in [0.4, 0.5) is 17.1 Å². The first-order valence-electron chi connectivity index (χ1n) is 19.3. The van der Waals surface area contributed by atoms with Crippen LogP contribution in [0, 0.1) is 22.7 Å².